The third-order valence-electron chi connectivity index (χ3n) is 2.00. The monoisotopic (exact) mass is 264 g/mol. The molecule has 0 aromatic heterocycles. The van der Waals surface area contributed by atoms with Crippen LogP contribution in [-0.2, 0) is 22.8 Å². The maximum Gasteiger partial charge on any atom is 0.568 e. The van der Waals surface area contributed by atoms with Gasteiger partial charge in [0.25, 0.3) is 5.97 Å². The third kappa shape index (κ3) is 7.48. The van der Waals surface area contributed by atoms with E-state index in [1.807, 2.05) is 20.8 Å². The van der Waals surface area contributed by atoms with E-state index in [0.29, 0.717) is 32.5 Å². The van der Waals surface area contributed by atoms with E-state index in [-0.39, 0.29) is 5.97 Å². The van der Waals surface area contributed by atoms with Crippen molar-refractivity contribution in [3.63, 3.8) is 0 Å². The summed E-state index contributed by atoms with van der Waals surface area (Å²) < 4.78 is 21.7. The normalized spacial score (nSPS) is 11.5. The van der Waals surface area contributed by atoms with Crippen molar-refractivity contribution < 1.29 is 22.8 Å². The molecule has 0 heterocycles. The molecule has 0 aromatic carbocycles. The van der Waals surface area contributed by atoms with Crippen LogP contribution in [-0.4, -0.2) is 41.2 Å². The number of hydrogen-bond acceptors (Lipinski definition) is 5. The van der Waals surface area contributed by atoms with Crippen molar-refractivity contribution in [2.45, 2.75) is 40.2 Å². The highest BCUT2D eigenvalue weighted by molar-refractivity contribution is 6.62. The van der Waals surface area contributed by atoms with Crippen LogP contribution < -0.4 is 0 Å². The molecule has 0 rings (SSSR count). The number of carbonyl (C=O) groups excluding carboxylic acids is 1. The Kier molecular flexibility index (Phi) is 9.34. The second-order valence-corrected chi connectivity index (χ2v) is 6.09. The lowest BCUT2D eigenvalue weighted by Gasteiger charge is -2.27. The highest BCUT2D eigenvalue weighted by atomic mass is 28.4. The van der Waals surface area contributed by atoms with E-state index in [4.69, 9.17) is 18.0 Å². The van der Waals surface area contributed by atoms with Gasteiger partial charge in [0, 0.05) is 39.4 Å². The molecule has 0 aliphatic heterocycles. The van der Waals surface area contributed by atoms with Crippen LogP contribution in [0.3, 0.4) is 0 Å². The fourth-order valence-electron chi connectivity index (χ4n) is 1.49. The lowest BCUT2D eigenvalue weighted by molar-refractivity contribution is -0.136. The number of carbonyl (C=O) groups is 1. The second kappa shape index (κ2) is 9.58. The summed E-state index contributed by atoms with van der Waals surface area (Å²) in [7, 11) is -2.84. The van der Waals surface area contributed by atoms with E-state index >= 15 is 0 Å². The Morgan fingerprint density at radius 1 is 1.06 bits per heavy atom. The average molecular weight is 264 g/mol. The fraction of sp³-hybridized carbons (Fsp3) is 0.909. The van der Waals surface area contributed by atoms with Crippen LogP contribution in [0.25, 0.3) is 0 Å². The summed E-state index contributed by atoms with van der Waals surface area (Å²) >= 11 is 0. The van der Waals surface area contributed by atoms with Gasteiger partial charge in [-0.2, -0.15) is 0 Å². The molecule has 0 atom stereocenters. The van der Waals surface area contributed by atoms with Crippen molar-refractivity contribution in [2.24, 2.45) is 0 Å². The number of rotatable bonds is 10. The molecule has 5 nitrogen and oxygen atoms in total. The first-order valence-electron chi connectivity index (χ1n) is 6.15. The van der Waals surface area contributed by atoms with E-state index in [2.05, 4.69) is 0 Å². The SMILES string of the molecule is CCOCCC[Si](OCC)(OCC)OC(C)=O. The van der Waals surface area contributed by atoms with Crippen LogP contribution >= 0.6 is 0 Å². The Hall–Kier alpha value is -0.433. The average Bonchev–Trinajstić information content (AvgIpc) is 2.24. The molecule has 0 fully saturated rings. The summed E-state index contributed by atoms with van der Waals surface area (Å²) in [5.74, 6) is -0.352. The van der Waals surface area contributed by atoms with Gasteiger partial charge >= 0.3 is 8.80 Å². The summed E-state index contributed by atoms with van der Waals surface area (Å²) in [6.45, 7) is 9.34. The third-order valence-corrected chi connectivity index (χ3v) is 5.02. The summed E-state index contributed by atoms with van der Waals surface area (Å²) in [6, 6.07) is 0.605. The lowest BCUT2D eigenvalue weighted by Crippen LogP contribution is -2.47. The van der Waals surface area contributed by atoms with Crippen molar-refractivity contribution >= 4 is 14.8 Å². The van der Waals surface area contributed by atoms with Gasteiger partial charge in [-0.3, -0.25) is 4.79 Å². The Balaban J connectivity index is 4.36. The van der Waals surface area contributed by atoms with E-state index in [0.717, 1.165) is 6.42 Å². The largest absolute Gasteiger partial charge is 0.568 e. The van der Waals surface area contributed by atoms with Gasteiger partial charge in [-0.1, -0.05) is 0 Å². The summed E-state index contributed by atoms with van der Waals surface area (Å²) in [5, 5.41) is 0. The van der Waals surface area contributed by atoms with Crippen LogP contribution in [0.15, 0.2) is 0 Å². The molecule has 0 saturated carbocycles. The zero-order valence-corrected chi connectivity index (χ0v) is 12.3. The van der Waals surface area contributed by atoms with Gasteiger partial charge in [0.05, 0.1) is 0 Å². The Labute approximate surface area is 105 Å². The molecule has 0 amide bonds. The Morgan fingerprint density at radius 3 is 2.06 bits per heavy atom. The molecule has 0 aromatic rings. The minimum absolute atomic E-state index is 0.352. The quantitative estimate of drug-likeness (QED) is 0.446. The van der Waals surface area contributed by atoms with Gasteiger partial charge in [0.15, 0.2) is 0 Å². The smallest absolute Gasteiger partial charge is 0.473 e. The number of hydrogen-bond donors (Lipinski definition) is 0. The van der Waals surface area contributed by atoms with Gasteiger partial charge in [0.2, 0.25) is 0 Å². The van der Waals surface area contributed by atoms with Crippen LogP contribution in [0, 0.1) is 0 Å². The summed E-state index contributed by atoms with van der Waals surface area (Å²) in [6.07, 6.45) is 0.771. The van der Waals surface area contributed by atoms with Crippen molar-refractivity contribution in [1.82, 2.24) is 0 Å². The van der Waals surface area contributed by atoms with Gasteiger partial charge in [0.1, 0.15) is 0 Å². The van der Waals surface area contributed by atoms with Gasteiger partial charge in [-0.25, -0.2) is 0 Å². The zero-order chi connectivity index (χ0) is 13.1. The van der Waals surface area contributed by atoms with Crippen molar-refractivity contribution in [3.05, 3.63) is 0 Å². The molecule has 0 bridgehead atoms. The van der Waals surface area contributed by atoms with Crippen molar-refractivity contribution in [3.8, 4) is 0 Å². The maximum atomic E-state index is 11.1. The molecule has 0 spiro atoms. The molecule has 0 saturated heterocycles. The highest BCUT2D eigenvalue weighted by Gasteiger charge is 2.43. The molecule has 0 aliphatic rings. The molecular weight excluding hydrogens is 240 g/mol. The molecule has 0 unspecified atom stereocenters. The summed E-state index contributed by atoms with van der Waals surface area (Å²) in [5.41, 5.74) is 0. The van der Waals surface area contributed by atoms with E-state index < -0.39 is 8.80 Å². The van der Waals surface area contributed by atoms with Crippen LogP contribution in [0.4, 0.5) is 0 Å². The minimum atomic E-state index is -2.84. The Morgan fingerprint density at radius 2 is 1.65 bits per heavy atom. The minimum Gasteiger partial charge on any atom is -0.473 e. The second-order valence-electron chi connectivity index (χ2n) is 3.44. The first kappa shape index (κ1) is 16.6. The van der Waals surface area contributed by atoms with Crippen LogP contribution in [0.1, 0.15) is 34.1 Å². The molecular formula is C11H24O5Si. The van der Waals surface area contributed by atoms with E-state index in [1.165, 1.54) is 6.92 Å². The van der Waals surface area contributed by atoms with E-state index in [1.54, 1.807) is 0 Å². The molecule has 0 radical (unpaired) electrons. The predicted octanol–water partition coefficient (Wildman–Crippen LogP) is 1.99. The number of ether oxygens (including phenoxy) is 1. The lowest BCUT2D eigenvalue weighted by atomic mass is 10.5. The van der Waals surface area contributed by atoms with Gasteiger partial charge < -0.3 is 18.0 Å². The van der Waals surface area contributed by atoms with Crippen LogP contribution in [0.2, 0.25) is 6.04 Å². The summed E-state index contributed by atoms with van der Waals surface area (Å²) in [4.78, 5) is 11.1. The first-order valence-corrected chi connectivity index (χ1v) is 8.08. The molecule has 17 heavy (non-hydrogen) atoms. The molecule has 6 heteroatoms. The molecule has 0 N–H and O–H groups in total. The standard InChI is InChI=1S/C11H24O5Si/c1-5-13-9-8-10-17(14-6-2,15-7-3)16-11(4)12/h5-10H2,1-4H3. The predicted molar refractivity (Wildman–Crippen MR) is 66.7 cm³/mol. The zero-order valence-electron chi connectivity index (χ0n) is 11.3. The first-order chi connectivity index (χ1) is 8.10. The van der Waals surface area contributed by atoms with E-state index in [9.17, 15) is 4.79 Å². The van der Waals surface area contributed by atoms with Crippen molar-refractivity contribution in [1.29, 1.82) is 0 Å². The maximum absolute atomic E-state index is 11.1. The molecule has 0 aliphatic carbocycles. The molecule has 102 valence electrons. The Bertz CT molecular complexity index is 204. The fourth-order valence-corrected chi connectivity index (χ4v) is 3.98. The van der Waals surface area contributed by atoms with Crippen LogP contribution in [0.5, 0.6) is 0 Å². The van der Waals surface area contributed by atoms with Gasteiger partial charge in [-0.05, 0) is 27.2 Å². The van der Waals surface area contributed by atoms with Crippen molar-refractivity contribution in [2.75, 3.05) is 26.4 Å². The highest BCUT2D eigenvalue weighted by Crippen LogP contribution is 2.18. The van der Waals surface area contributed by atoms with Gasteiger partial charge in [-0.15, -0.1) is 0 Å². The topological polar surface area (TPSA) is 54.0 Å².